The summed E-state index contributed by atoms with van der Waals surface area (Å²) in [5, 5.41) is 3.44. The fourth-order valence-electron chi connectivity index (χ4n) is 2.51. The van der Waals surface area contributed by atoms with E-state index in [0.29, 0.717) is 17.3 Å². The largest absolute Gasteiger partial charge is 0.369 e. The molecule has 2 rings (SSSR count). The van der Waals surface area contributed by atoms with E-state index in [4.69, 9.17) is 17.3 Å². The number of carbonyl (C=O) groups is 2. The van der Waals surface area contributed by atoms with E-state index in [1.54, 1.807) is 6.07 Å². The number of amides is 2. The van der Waals surface area contributed by atoms with E-state index in [9.17, 15) is 9.59 Å². The Kier molecular flexibility index (Phi) is 5.20. The number of hydrogen-bond acceptors (Lipinski definition) is 3. The molecule has 1 aliphatic heterocycles. The summed E-state index contributed by atoms with van der Waals surface area (Å²) >= 11 is 6.03. The molecule has 0 aromatic heterocycles. The molecule has 0 spiro atoms. The molecule has 5 nitrogen and oxygen atoms in total. The topological polar surface area (TPSA) is 75.4 Å². The summed E-state index contributed by atoms with van der Waals surface area (Å²) < 4.78 is 0. The van der Waals surface area contributed by atoms with Crippen molar-refractivity contribution in [1.82, 2.24) is 4.90 Å². The standard InChI is InChI=1S/C15H20ClN3O2/c1-10-4-5-12(7-13(10)16)18-14(20)9-19-6-2-3-11(8-19)15(17)21/h4-5,7,11H,2-3,6,8-9H2,1H3,(H2,17,21)(H,18,20)/t11-/m1/s1. The van der Waals surface area contributed by atoms with Gasteiger partial charge in [-0.15, -0.1) is 0 Å². The molecular formula is C15H20ClN3O2. The number of aryl methyl sites for hydroxylation is 1. The quantitative estimate of drug-likeness (QED) is 0.890. The van der Waals surface area contributed by atoms with Gasteiger partial charge < -0.3 is 11.1 Å². The monoisotopic (exact) mass is 309 g/mol. The Labute approximate surface area is 129 Å². The molecule has 1 fully saturated rings. The predicted molar refractivity (Wildman–Crippen MR) is 83.2 cm³/mol. The first-order chi connectivity index (χ1) is 9.95. The van der Waals surface area contributed by atoms with Crippen LogP contribution in [-0.4, -0.2) is 36.3 Å². The number of halogens is 1. The van der Waals surface area contributed by atoms with Gasteiger partial charge in [0.15, 0.2) is 0 Å². The molecule has 1 aliphatic rings. The number of nitrogens with one attached hydrogen (secondary N) is 1. The minimum absolute atomic E-state index is 0.111. The van der Waals surface area contributed by atoms with Crippen molar-refractivity contribution in [2.45, 2.75) is 19.8 Å². The number of rotatable bonds is 4. The number of likely N-dealkylation sites (tertiary alicyclic amines) is 1. The molecule has 0 unspecified atom stereocenters. The second kappa shape index (κ2) is 6.91. The molecule has 0 saturated carbocycles. The predicted octanol–water partition coefficient (Wildman–Crippen LogP) is 1.78. The summed E-state index contributed by atoms with van der Waals surface area (Å²) in [7, 11) is 0. The number of benzene rings is 1. The molecule has 1 saturated heterocycles. The smallest absolute Gasteiger partial charge is 0.238 e. The molecule has 1 heterocycles. The zero-order valence-corrected chi connectivity index (χ0v) is 12.8. The molecule has 1 aromatic rings. The number of hydrogen-bond donors (Lipinski definition) is 2. The molecular weight excluding hydrogens is 290 g/mol. The Morgan fingerprint density at radius 1 is 1.48 bits per heavy atom. The van der Waals surface area contributed by atoms with E-state index >= 15 is 0 Å². The normalized spacial score (nSPS) is 19.2. The summed E-state index contributed by atoms with van der Waals surface area (Å²) in [6.45, 7) is 3.53. The lowest BCUT2D eigenvalue weighted by Crippen LogP contribution is -2.44. The maximum Gasteiger partial charge on any atom is 0.238 e. The van der Waals surface area contributed by atoms with Crippen LogP contribution in [0.3, 0.4) is 0 Å². The van der Waals surface area contributed by atoms with Crippen molar-refractivity contribution in [2.75, 3.05) is 25.0 Å². The van der Waals surface area contributed by atoms with Crippen LogP contribution in [0.4, 0.5) is 5.69 Å². The number of nitrogens with two attached hydrogens (primary N) is 1. The van der Waals surface area contributed by atoms with Gasteiger partial charge in [0.1, 0.15) is 0 Å². The summed E-state index contributed by atoms with van der Waals surface area (Å²) in [4.78, 5) is 25.2. The lowest BCUT2D eigenvalue weighted by molar-refractivity contribution is -0.125. The lowest BCUT2D eigenvalue weighted by Gasteiger charge is -2.30. The Hall–Kier alpha value is -1.59. The van der Waals surface area contributed by atoms with Crippen molar-refractivity contribution in [2.24, 2.45) is 11.7 Å². The number of anilines is 1. The minimum Gasteiger partial charge on any atom is -0.369 e. The molecule has 114 valence electrons. The van der Waals surface area contributed by atoms with E-state index in [1.165, 1.54) is 0 Å². The summed E-state index contributed by atoms with van der Waals surface area (Å²) in [6.07, 6.45) is 1.69. The highest BCUT2D eigenvalue weighted by Gasteiger charge is 2.25. The molecule has 1 aromatic carbocycles. The molecule has 3 N–H and O–H groups in total. The van der Waals surface area contributed by atoms with E-state index < -0.39 is 0 Å². The highest BCUT2D eigenvalue weighted by Crippen LogP contribution is 2.20. The summed E-state index contributed by atoms with van der Waals surface area (Å²) in [5.41, 5.74) is 6.98. The van der Waals surface area contributed by atoms with Crippen LogP contribution in [0.25, 0.3) is 0 Å². The van der Waals surface area contributed by atoms with E-state index in [-0.39, 0.29) is 24.3 Å². The molecule has 0 radical (unpaired) electrons. The van der Waals surface area contributed by atoms with Gasteiger partial charge in [0.25, 0.3) is 0 Å². The number of nitrogens with zero attached hydrogens (tertiary/aromatic N) is 1. The first-order valence-corrected chi connectivity index (χ1v) is 7.41. The molecule has 2 amide bonds. The van der Waals surface area contributed by atoms with Gasteiger partial charge in [-0.1, -0.05) is 17.7 Å². The van der Waals surface area contributed by atoms with E-state index in [2.05, 4.69) is 5.32 Å². The molecule has 0 bridgehead atoms. The zero-order chi connectivity index (χ0) is 15.4. The van der Waals surface area contributed by atoms with Crippen LogP contribution in [0.5, 0.6) is 0 Å². The first-order valence-electron chi connectivity index (χ1n) is 7.03. The minimum atomic E-state index is -0.287. The van der Waals surface area contributed by atoms with Gasteiger partial charge in [-0.25, -0.2) is 0 Å². The van der Waals surface area contributed by atoms with Gasteiger partial charge >= 0.3 is 0 Å². The third-order valence-electron chi connectivity index (χ3n) is 3.73. The zero-order valence-electron chi connectivity index (χ0n) is 12.1. The van der Waals surface area contributed by atoms with Crippen LogP contribution >= 0.6 is 11.6 Å². The highest BCUT2D eigenvalue weighted by atomic mass is 35.5. The van der Waals surface area contributed by atoms with Crippen molar-refractivity contribution in [3.05, 3.63) is 28.8 Å². The maximum absolute atomic E-state index is 12.0. The Balaban J connectivity index is 1.89. The van der Waals surface area contributed by atoms with Gasteiger partial charge in [-0.2, -0.15) is 0 Å². The SMILES string of the molecule is Cc1ccc(NC(=O)CN2CCC[C@@H](C(N)=O)C2)cc1Cl. The second-order valence-corrected chi connectivity index (χ2v) is 5.90. The van der Waals surface area contributed by atoms with Crippen molar-refractivity contribution < 1.29 is 9.59 Å². The van der Waals surface area contributed by atoms with Crippen LogP contribution in [0.15, 0.2) is 18.2 Å². The van der Waals surface area contributed by atoms with Gasteiger partial charge in [0, 0.05) is 17.3 Å². The average molecular weight is 310 g/mol. The number of carbonyl (C=O) groups excluding carboxylic acids is 2. The van der Waals surface area contributed by atoms with Gasteiger partial charge in [0.05, 0.1) is 12.5 Å². The molecule has 0 aliphatic carbocycles. The fraction of sp³-hybridized carbons (Fsp3) is 0.467. The van der Waals surface area contributed by atoms with Crippen LogP contribution in [0.1, 0.15) is 18.4 Å². The Morgan fingerprint density at radius 3 is 2.90 bits per heavy atom. The van der Waals surface area contributed by atoms with Crippen molar-refractivity contribution >= 4 is 29.1 Å². The van der Waals surface area contributed by atoms with Crippen LogP contribution in [0.2, 0.25) is 5.02 Å². The third kappa shape index (κ3) is 4.44. The van der Waals surface area contributed by atoms with E-state index in [0.717, 1.165) is 24.9 Å². The molecule has 1 atom stereocenters. The van der Waals surface area contributed by atoms with Crippen molar-refractivity contribution in [3.63, 3.8) is 0 Å². The highest BCUT2D eigenvalue weighted by molar-refractivity contribution is 6.31. The van der Waals surface area contributed by atoms with Crippen LogP contribution in [-0.2, 0) is 9.59 Å². The summed E-state index contributed by atoms with van der Waals surface area (Å²) in [5.74, 6) is -0.550. The number of primary amides is 1. The van der Waals surface area contributed by atoms with Gasteiger partial charge in [-0.05, 0) is 44.0 Å². The lowest BCUT2D eigenvalue weighted by atomic mass is 9.97. The fourth-order valence-corrected chi connectivity index (χ4v) is 2.69. The molecule has 21 heavy (non-hydrogen) atoms. The van der Waals surface area contributed by atoms with E-state index in [1.807, 2.05) is 24.0 Å². The average Bonchev–Trinajstić information content (AvgIpc) is 2.43. The number of piperidine rings is 1. The Bertz CT molecular complexity index is 548. The van der Waals surface area contributed by atoms with Crippen molar-refractivity contribution in [3.8, 4) is 0 Å². The maximum atomic E-state index is 12.0. The Morgan fingerprint density at radius 2 is 2.24 bits per heavy atom. The molecule has 6 heteroatoms. The van der Waals surface area contributed by atoms with Crippen molar-refractivity contribution in [1.29, 1.82) is 0 Å². The van der Waals surface area contributed by atoms with Crippen LogP contribution < -0.4 is 11.1 Å². The second-order valence-electron chi connectivity index (χ2n) is 5.49. The summed E-state index contributed by atoms with van der Waals surface area (Å²) in [6, 6.07) is 5.42. The third-order valence-corrected chi connectivity index (χ3v) is 4.14. The van der Waals surface area contributed by atoms with Gasteiger partial charge in [0.2, 0.25) is 11.8 Å². The first kappa shape index (κ1) is 15.8. The van der Waals surface area contributed by atoms with Gasteiger partial charge in [-0.3, -0.25) is 14.5 Å². The van der Waals surface area contributed by atoms with Crippen LogP contribution in [0, 0.1) is 12.8 Å².